The van der Waals surface area contributed by atoms with E-state index in [0.29, 0.717) is 12.0 Å². The smallest absolute Gasteiger partial charge is 0.317 e. The molecule has 0 N–H and O–H groups in total. The van der Waals surface area contributed by atoms with E-state index in [1.807, 2.05) is 0 Å². The first-order chi connectivity index (χ1) is 19.0. The van der Waals surface area contributed by atoms with Crippen molar-refractivity contribution in [1.29, 1.82) is 0 Å². The van der Waals surface area contributed by atoms with Crippen LogP contribution >= 0.6 is 0 Å². The number of rotatable bonds is 13. The second-order valence-electron chi connectivity index (χ2n) is 7.44. The van der Waals surface area contributed by atoms with E-state index in [2.05, 4.69) is 33.6 Å². The molecule has 2 aromatic rings. The van der Waals surface area contributed by atoms with Crippen molar-refractivity contribution in [2.24, 2.45) is 0 Å². The third-order valence-corrected chi connectivity index (χ3v) is 4.27. The maximum atomic E-state index is 10.9. The molecule has 0 fully saturated rings. The number of ether oxygens (including phenoxy) is 2. The van der Waals surface area contributed by atoms with Gasteiger partial charge in [0.25, 0.3) is 11.4 Å². The van der Waals surface area contributed by atoms with Crippen LogP contribution in [-0.4, -0.2) is 32.9 Å². The lowest BCUT2D eigenvalue weighted by Gasteiger charge is -2.07. The first-order valence-corrected chi connectivity index (χ1v) is 11.6. The van der Waals surface area contributed by atoms with Crippen LogP contribution in [0.4, 0.5) is 22.7 Å². The summed E-state index contributed by atoms with van der Waals surface area (Å²) in [7, 11) is 0. The van der Waals surface area contributed by atoms with E-state index in [1.165, 1.54) is 30.7 Å². The van der Waals surface area contributed by atoms with Crippen LogP contribution in [0.25, 0.3) is 0 Å². The maximum absolute atomic E-state index is 10.9. The molecule has 214 valence electrons. The molecule has 2 rings (SSSR count). The Balaban J connectivity index is 0.000000699. The van der Waals surface area contributed by atoms with Gasteiger partial charge in [0.1, 0.15) is 6.61 Å². The average molecular weight is 559 g/mol. The fourth-order valence-corrected chi connectivity index (χ4v) is 2.51. The van der Waals surface area contributed by atoms with Crippen LogP contribution in [0.3, 0.4) is 0 Å². The van der Waals surface area contributed by atoms with E-state index in [1.54, 1.807) is 12.2 Å². The molecule has 0 aliphatic rings. The molecular weight excluding hydrogens is 528 g/mol. The van der Waals surface area contributed by atoms with Gasteiger partial charge in [0.15, 0.2) is 11.5 Å². The van der Waals surface area contributed by atoms with Gasteiger partial charge in [0, 0.05) is 12.1 Å². The summed E-state index contributed by atoms with van der Waals surface area (Å²) in [5.74, 6) is -0.0279. The third kappa shape index (κ3) is 12.2. The summed E-state index contributed by atoms with van der Waals surface area (Å²) in [4.78, 5) is 39.8. The highest BCUT2D eigenvalue weighted by Crippen LogP contribution is 2.32. The van der Waals surface area contributed by atoms with Gasteiger partial charge in [-0.05, 0) is 24.1 Å². The van der Waals surface area contributed by atoms with E-state index >= 15 is 0 Å². The second-order valence-corrected chi connectivity index (χ2v) is 7.44. The monoisotopic (exact) mass is 558 g/mol. The molecule has 14 heteroatoms. The van der Waals surface area contributed by atoms with Crippen molar-refractivity contribution in [1.82, 2.24) is 0 Å². The van der Waals surface area contributed by atoms with Crippen LogP contribution in [-0.2, 0) is 0 Å². The summed E-state index contributed by atoms with van der Waals surface area (Å²) in [6.45, 7) is 15.1. The van der Waals surface area contributed by atoms with E-state index in [-0.39, 0.29) is 36.1 Å². The normalized spacial score (nSPS) is 9.90. The van der Waals surface area contributed by atoms with E-state index in [4.69, 9.17) is 9.47 Å². The van der Waals surface area contributed by atoms with Crippen molar-refractivity contribution < 1.29 is 29.2 Å². The number of nitrogens with zero attached hydrogens (tertiary/aromatic N) is 4. The van der Waals surface area contributed by atoms with Crippen LogP contribution in [0.1, 0.15) is 26.7 Å². The molecule has 0 bridgehead atoms. The van der Waals surface area contributed by atoms with Gasteiger partial charge in [-0.15, -0.1) is 6.58 Å². The van der Waals surface area contributed by atoms with Gasteiger partial charge >= 0.3 is 11.4 Å². The fraction of sp³-hybridized carbons (Fsp3) is 0.231. The van der Waals surface area contributed by atoms with Gasteiger partial charge in [-0.3, -0.25) is 40.5 Å². The molecule has 0 spiro atoms. The summed E-state index contributed by atoms with van der Waals surface area (Å²) in [5, 5.41) is 42.7. The zero-order chi connectivity index (χ0) is 30.7. The molecule has 0 amide bonds. The van der Waals surface area contributed by atoms with Crippen molar-refractivity contribution in [3.8, 4) is 11.5 Å². The minimum absolute atomic E-state index is 0.0162. The predicted octanol–water partition coefficient (Wildman–Crippen LogP) is 7.05. The molecule has 0 aliphatic carbocycles. The molecule has 0 aliphatic heterocycles. The molecule has 0 unspecified atom stereocenters. The molecule has 14 nitrogen and oxygen atoms in total. The lowest BCUT2D eigenvalue weighted by Crippen LogP contribution is -2.02. The quantitative estimate of drug-likeness (QED) is 0.0808. The van der Waals surface area contributed by atoms with Crippen molar-refractivity contribution in [3.05, 3.63) is 126 Å². The molecule has 0 radical (unpaired) electrons. The number of nitro groups is 4. The molecule has 2 aromatic carbocycles. The minimum Gasteiger partial charge on any atom is -0.486 e. The van der Waals surface area contributed by atoms with Gasteiger partial charge in [-0.25, -0.2) is 0 Å². The number of hydrogen-bond donors (Lipinski definition) is 0. The highest BCUT2D eigenvalue weighted by Gasteiger charge is 2.21. The Kier molecular flexibility index (Phi) is 16.2. The number of allylic oxidation sites excluding steroid dienone is 2. The molecule has 0 saturated heterocycles. The largest absolute Gasteiger partial charge is 0.486 e. The topological polar surface area (TPSA) is 191 Å². The number of hydrogen-bond acceptors (Lipinski definition) is 10. The highest BCUT2D eigenvalue weighted by atomic mass is 16.6. The maximum Gasteiger partial charge on any atom is 0.317 e. The summed E-state index contributed by atoms with van der Waals surface area (Å²) in [6.07, 6.45) is 8.10. The lowest BCUT2D eigenvalue weighted by atomic mass is 10.2. The summed E-state index contributed by atoms with van der Waals surface area (Å²) < 4.78 is 10.4. The number of benzene rings is 2. The Bertz CT molecular complexity index is 1260. The average Bonchev–Trinajstić information content (AvgIpc) is 2.91. The van der Waals surface area contributed by atoms with Gasteiger partial charge in [-0.1, -0.05) is 57.7 Å². The minimum atomic E-state index is -0.729. The third-order valence-electron chi connectivity index (χ3n) is 4.27. The number of nitro benzene ring substituents is 4. The van der Waals surface area contributed by atoms with Crippen LogP contribution in [0.5, 0.6) is 11.5 Å². The highest BCUT2D eigenvalue weighted by molar-refractivity contribution is 5.54. The Morgan fingerprint density at radius 1 is 0.775 bits per heavy atom. The van der Waals surface area contributed by atoms with Gasteiger partial charge in [0.05, 0.1) is 38.4 Å². The molecule has 40 heavy (non-hydrogen) atoms. The Labute approximate surface area is 230 Å². The van der Waals surface area contributed by atoms with E-state index in [0.717, 1.165) is 24.3 Å². The lowest BCUT2D eigenvalue weighted by molar-refractivity contribution is -0.395. The van der Waals surface area contributed by atoms with E-state index < -0.39 is 31.1 Å². The molecule has 0 aromatic heterocycles. The van der Waals surface area contributed by atoms with Gasteiger partial charge in [0.2, 0.25) is 0 Å². The van der Waals surface area contributed by atoms with E-state index in [9.17, 15) is 40.5 Å². The molecular formula is C26H30N4O10. The van der Waals surface area contributed by atoms with Crippen LogP contribution in [0.2, 0.25) is 0 Å². The number of non-ortho nitro benzene ring substituents is 2. The van der Waals surface area contributed by atoms with Crippen LogP contribution in [0.15, 0.2) is 86.0 Å². The first-order valence-electron chi connectivity index (χ1n) is 11.6. The first kappa shape index (κ1) is 34.6. The standard InChI is InChI=1S/C13H12N2O5.C10H10N2O5.C3H8/c1-3-5-10(4-2)9-20-13-7-6-11(14(16)17)8-12(13)15(18)19;1-2-3-6-17-10-5-4-8(11(13)14)7-9(10)12(15)16;1-3-2/h3-8H,1-2,9H2;2,4-5,7H,1,3,6H2;3H2,1-2H3/b10-5+;;. The zero-order valence-corrected chi connectivity index (χ0v) is 22.1. The van der Waals surface area contributed by atoms with Gasteiger partial charge < -0.3 is 9.47 Å². The Hall–Kier alpha value is -5.40. The Morgan fingerprint density at radius 2 is 1.23 bits per heavy atom. The molecule has 0 atom stereocenters. The zero-order valence-electron chi connectivity index (χ0n) is 22.1. The SMILES string of the molecule is C=C/C=C(\C=C)COc1ccc([N+](=O)[O-])cc1[N+](=O)[O-].C=CCCOc1ccc([N+](=O)[O-])cc1[N+](=O)[O-].CCC. The van der Waals surface area contributed by atoms with Crippen LogP contribution < -0.4 is 9.47 Å². The van der Waals surface area contributed by atoms with Crippen molar-refractivity contribution >= 4 is 22.7 Å². The molecule has 0 saturated carbocycles. The van der Waals surface area contributed by atoms with Gasteiger partial charge in [-0.2, -0.15) is 0 Å². The van der Waals surface area contributed by atoms with Crippen molar-refractivity contribution in [2.45, 2.75) is 26.7 Å². The van der Waals surface area contributed by atoms with Crippen LogP contribution in [0, 0.1) is 40.5 Å². The van der Waals surface area contributed by atoms with Crippen molar-refractivity contribution in [3.63, 3.8) is 0 Å². The Morgan fingerprint density at radius 3 is 1.57 bits per heavy atom. The second kappa shape index (κ2) is 18.8. The predicted molar refractivity (Wildman–Crippen MR) is 150 cm³/mol. The van der Waals surface area contributed by atoms with Crippen molar-refractivity contribution in [2.75, 3.05) is 13.2 Å². The fourth-order valence-electron chi connectivity index (χ4n) is 2.51. The summed E-state index contributed by atoms with van der Waals surface area (Å²) >= 11 is 0. The summed E-state index contributed by atoms with van der Waals surface area (Å²) in [5.41, 5.74) is -0.903. The molecule has 0 heterocycles. The summed E-state index contributed by atoms with van der Waals surface area (Å²) in [6, 6.07) is 6.47.